The van der Waals surface area contributed by atoms with Crippen LogP contribution in [0.3, 0.4) is 0 Å². The average Bonchev–Trinajstić information content (AvgIpc) is 2.98. The average molecular weight is 331 g/mol. The van der Waals surface area contributed by atoms with E-state index in [1.165, 1.54) is 0 Å². The van der Waals surface area contributed by atoms with E-state index in [0.29, 0.717) is 31.0 Å². The molecular weight excluding hydrogens is 310 g/mol. The fourth-order valence-electron chi connectivity index (χ4n) is 2.74. The van der Waals surface area contributed by atoms with Gasteiger partial charge in [0.15, 0.2) is 11.5 Å². The highest BCUT2D eigenvalue weighted by Crippen LogP contribution is 2.28. The standard InChI is InChI=1S/C17H21N3O4/c1-23-14-4-3-12(9-15(14)24-2)5-8-20-11-13(10-16(20)21)17(22)19-7-6-18/h3-4,9,13H,5,7-8,10-11H2,1-2H3,(H,19,22)/t13-/m1/s1. The second kappa shape index (κ2) is 8.20. The molecule has 1 aromatic rings. The van der Waals surface area contributed by atoms with Gasteiger partial charge in [0, 0.05) is 19.5 Å². The van der Waals surface area contributed by atoms with Gasteiger partial charge in [-0.05, 0) is 24.1 Å². The summed E-state index contributed by atoms with van der Waals surface area (Å²) in [7, 11) is 3.16. The molecule has 7 heteroatoms. The van der Waals surface area contributed by atoms with Crippen molar-refractivity contribution in [3.05, 3.63) is 23.8 Å². The van der Waals surface area contributed by atoms with Crippen LogP contribution in [0, 0.1) is 17.2 Å². The van der Waals surface area contributed by atoms with Crippen molar-refractivity contribution in [2.45, 2.75) is 12.8 Å². The van der Waals surface area contributed by atoms with Crippen molar-refractivity contribution in [1.29, 1.82) is 5.26 Å². The zero-order valence-corrected chi connectivity index (χ0v) is 13.9. The Kier molecular flexibility index (Phi) is 6.01. The molecule has 0 aromatic heterocycles. The van der Waals surface area contributed by atoms with Gasteiger partial charge in [-0.15, -0.1) is 0 Å². The highest BCUT2D eigenvalue weighted by Gasteiger charge is 2.33. The smallest absolute Gasteiger partial charge is 0.226 e. The Hall–Kier alpha value is -2.75. The lowest BCUT2D eigenvalue weighted by atomic mass is 10.1. The number of nitriles is 1. The summed E-state index contributed by atoms with van der Waals surface area (Å²) in [4.78, 5) is 25.6. The van der Waals surface area contributed by atoms with Crippen LogP contribution in [0.15, 0.2) is 18.2 Å². The number of amides is 2. The summed E-state index contributed by atoms with van der Waals surface area (Å²) in [6.45, 7) is 0.898. The molecule has 0 spiro atoms. The molecule has 0 unspecified atom stereocenters. The van der Waals surface area contributed by atoms with Gasteiger partial charge in [0.25, 0.3) is 0 Å². The Bertz CT molecular complexity index is 654. The normalized spacial score (nSPS) is 16.6. The molecule has 2 amide bonds. The number of likely N-dealkylation sites (tertiary alicyclic amines) is 1. The molecule has 24 heavy (non-hydrogen) atoms. The minimum atomic E-state index is -0.378. The van der Waals surface area contributed by atoms with E-state index in [1.54, 1.807) is 19.1 Å². The topological polar surface area (TPSA) is 91.7 Å². The molecular formula is C17H21N3O4. The minimum absolute atomic E-state index is 0.0326. The molecule has 0 radical (unpaired) electrons. The van der Waals surface area contributed by atoms with E-state index < -0.39 is 0 Å². The molecule has 1 aromatic carbocycles. The van der Waals surface area contributed by atoms with Crippen molar-refractivity contribution in [3.63, 3.8) is 0 Å². The molecule has 1 fully saturated rings. The van der Waals surface area contributed by atoms with Gasteiger partial charge in [0.05, 0.1) is 26.2 Å². The molecule has 0 saturated carbocycles. The molecule has 128 valence electrons. The largest absolute Gasteiger partial charge is 0.493 e. The number of ether oxygens (including phenoxy) is 2. The second-order valence-electron chi connectivity index (χ2n) is 5.56. The molecule has 1 N–H and O–H groups in total. The Morgan fingerprint density at radius 3 is 2.79 bits per heavy atom. The summed E-state index contributed by atoms with van der Waals surface area (Å²) in [6, 6.07) is 7.51. The molecule has 0 aliphatic carbocycles. The predicted octanol–water partition coefficient (Wildman–Crippen LogP) is 0.735. The first kappa shape index (κ1) is 17.6. The summed E-state index contributed by atoms with van der Waals surface area (Å²) in [5, 5.41) is 11.0. The lowest BCUT2D eigenvalue weighted by Gasteiger charge is -2.17. The van der Waals surface area contributed by atoms with Crippen LogP contribution in [0.5, 0.6) is 11.5 Å². The van der Waals surface area contributed by atoms with Crippen LogP contribution in [0.2, 0.25) is 0 Å². The molecule has 1 aliphatic heterocycles. The number of methoxy groups -OCH3 is 2. The molecule has 0 bridgehead atoms. The number of nitrogens with one attached hydrogen (secondary N) is 1. The van der Waals surface area contributed by atoms with Crippen molar-refractivity contribution < 1.29 is 19.1 Å². The third-order valence-corrected chi connectivity index (χ3v) is 4.05. The van der Waals surface area contributed by atoms with Gasteiger partial charge < -0.3 is 19.7 Å². The van der Waals surface area contributed by atoms with E-state index in [1.807, 2.05) is 24.3 Å². The van der Waals surface area contributed by atoms with Crippen LogP contribution in [-0.4, -0.2) is 50.6 Å². The van der Waals surface area contributed by atoms with E-state index in [0.717, 1.165) is 5.56 Å². The van der Waals surface area contributed by atoms with Gasteiger partial charge in [-0.3, -0.25) is 9.59 Å². The van der Waals surface area contributed by atoms with Gasteiger partial charge in [0.2, 0.25) is 11.8 Å². The summed E-state index contributed by atoms with van der Waals surface area (Å²) in [5.74, 6) is 0.659. The maximum atomic E-state index is 12.0. The monoisotopic (exact) mass is 331 g/mol. The molecule has 1 saturated heterocycles. The lowest BCUT2D eigenvalue weighted by molar-refractivity contribution is -0.128. The van der Waals surface area contributed by atoms with Crippen molar-refractivity contribution in [2.24, 2.45) is 5.92 Å². The van der Waals surface area contributed by atoms with Gasteiger partial charge in [-0.1, -0.05) is 6.07 Å². The number of hydrogen-bond donors (Lipinski definition) is 1. The fourth-order valence-corrected chi connectivity index (χ4v) is 2.74. The number of rotatable bonds is 7. The van der Waals surface area contributed by atoms with Crippen LogP contribution in [0.25, 0.3) is 0 Å². The molecule has 1 atom stereocenters. The van der Waals surface area contributed by atoms with E-state index in [9.17, 15) is 9.59 Å². The first-order valence-electron chi connectivity index (χ1n) is 7.72. The van der Waals surface area contributed by atoms with Crippen LogP contribution in [-0.2, 0) is 16.0 Å². The van der Waals surface area contributed by atoms with Gasteiger partial charge in [-0.2, -0.15) is 5.26 Å². The molecule has 7 nitrogen and oxygen atoms in total. The first-order valence-corrected chi connectivity index (χ1v) is 7.72. The lowest BCUT2D eigenvalue weighted by Crippen LogP contribution is -2.33. The fraction of sp³-hybridized carbons (Fsp3) is 0.471. The first-order chi connectivity index (χ1) is 11.6. The number of benzene rings is 1. The zero-order chi connectivity index (χ0) is 17.5. The van der Waals surface area contributed by atoms with E-state index in [-0.39, 0.29) is 30.7 Å². The number of hydrogen-bond acceptors (Lipinski definition) is 5. The third-order valence-electron chi connectivity index (χ3n) is 4.05. The van der Waals surface area contributed by atoms with E-state index >= 15 is 0 Å². The van der Waals surface area contributed by atoms with Crippen LogP contribution >= 0.6 is 0 Å². The Morgan fingerprint density at radius 1 is 1.38 bits per heavy atom. The quantitative estimate of drug-likeness (QED) is 0.744. The number of carbonyl (C=O) groups excluding carboxylic acids is 2. The number of carbonyl (C=O) groups is 2. The highest BCUT2D eigenvalue weighted by molar-refractivity contribution is 5.89. The molecule has 1 heterocycles. The van der Waals surface area contributed by atoms with Crippen molar-refractivity contribution in [1.82, 2.24) is 10.2 Å². The summed E-state index contributed by atoms with van der Waals surface area (Å²) in [5.41, 5.74) is 1.03. The summed E-state index contributed by atoms with van der Waals surface area (Å²) in [6.07, 6.45) is 0.863. The van der Waals surface area contributed by atoms with Crippen molar-refractivity contribution in [2.75, 3.05) is 33.9 Å². The van der Waals surface area contributed by atoms with E-state index in [2.05, 4.69) is 5.32 Å². The maximum absolute atomic E-state index is 12.0. The summed E-state index contributed by atoms with van der Waals surface area (Å²) >= 11 is 0. The van der Waals surface area contributed by atoms with Crippen LogP contribution in [0.4, 0.5) is 0 Å². The maximum Gasteiger partial charge on any atom is 0.226 e. The van der Waals surface area contributed by atoms with E-state index in [4.69, 9.17) is 14.7 Å². The van der Waals surface area contributed by atoms with Crippen molar-refractivity contribution in [3.8, 4) is 17.6 Å². The molecule has 1 aliphatic rings. The predicted molar refractivity (Wildman–Crippen MR) is 86.6 cm³/mol. The Labute approximate surface area is 141 Å². The van der Waals surface area contributed by atoms with Crippen molar-refractivity contribution >= 4 is 11.8 Å². The number of nitrogens with zero attached hydrogens (tertiary/aromatic N) is 2. The van der Waals surface area contributed by atoms with Gasteiger partial charge in [0.1, 0.15) is 6.54 Å². The van der Waals surface area contributed by atoms with Crippen LogP contribution in [0.1, 0.15) is 12.0 Å². The van der Waals surface area contributed by atoms with Crippen LogP contribution < -0.4 is 14.8 Å². The molecule has 2 rings (SSSR count). The van der Waals surface area contributed by atoms with Gasteiger partial charge >= 0.3 is 0 Å². The second-order valence-corrected chi connectivity index (χ2v) is 5.56. The Morgan fingerprint density at radius 2 is 2.12 bits per heavy atom. The SMILES string of the molecule is COc1ccc(CCN2C[C@H](C(=O)NCC#N)CC2=O)cc1OC. The zero-order valence-electron chi connectivity index (χ0n) is 13.9. The minimum Gasteiger partial charge on any atom is -0.493 e. The highest BCUT2D eigenvalue weighted by atomic mass is 16.5. The Balaban J connectivity index is 1.91. The third kappa shape index (κ3) is 4.16. The van der Waals surface area contributed by atoms with Gasteiger partial charge in [-0.25, -0.2) is 0 Å². The summed E-state index contributed by atoms with van der Waals surface area (Å²) < 4.78 is 10.5.